The zero-order chi connectivity index (χ0) is 15.2. The summed E-state index contributed by atoms with van der Waals surface area (Å²) in [5.41, 5.74) is 2.77. The number of fused-ring (bicyclic) bond motifs is 4. The smallest absolute Gasteiger partial charge is 0.128 e. The van der Waals surface area contributed by atoms with Crippen LogP contribution in [0.5, 0.6) is 0 Å². The lowest BCUT2D eigenvalue weighted by Gasteiger charge is -2.04. The van der Waals surface area contributed by atoms with Crippen LogP contribution < -0.4 is 0 Å². The fourth-order valence-corrected chi connectivity index (χ4v) is 3.99. The van der Waals surface area contributed by atoms with Gasteiger partial charge in [0.2, 0.25) is 0 Å². The van der Waals surface area contributed by atoms with Crippen LogP contribution in [0.15, 0.2) is 67.0 Å². The Balaban J connectivity index is 1.87. The van der Waals surface area contributed by atoms with E-state index in [-0.39, 0.29) is 0 Å². The summed E-state index contributed by atoms with van der Waals surface area (Å²) in [4.78, 5) is 14.8. The molecule has 5 rings (SSSR count). The maximum absolute atomic E-state index is 4.80. The van der Waals surface area contributed by atoms with Crippen molar-refractivity contribution in [1.82, 2.24) is 15.0 Å². The van der Waals surface area contributed by atoms with Gasteiger partial charge in [-0.05, 0) is 18.2 Å². The molecule has 0 radical (unpaired) electrons. The van der Waals surface area contributed by atoms with Crippen LogP contribution in [0.2, 0.25) is 0 Å². The zero-order valence-corrected chi connectivity index (χ0v) is 12.9. The summed E-state index contributed by atoms with van der Waals surface area (Å²) in [6.07, 6.45) is 1.63. The molecule has 0 aliphatic rings. The number of para-hydroxylation sites is 1. The van der Waals surface area contributed by atoms with Gasteiger partial charge in [-0.3, -0.25) is 0 Å². The Bertz CT molecular complexity index is 1180. The van der Waals surface area contributed by atoms with Gasteiger partial charge in [-0.2, -0.15) is 0 Å². The summed E-state index contributed by atoms with van der Waals surface area (Å²) in [7, 11) is 0. The first kappa shape index (κ1) is 12.7. The van der Waals surface area contributed by atoms with Gasteiger partial charge in [0, 0.05) is 20.9 Å². The van der Waals surface area contributed by atoms with Crippen LogP contribution in [-0.4, -0.2) is 15.0 Å². The van der Waals surface area contributed by atoms with E-state index < -0.39 is 0 Å². The summed E-state index contributed by atoms with van der Waals surface area (Å²) >= 11 is 1.70. The topological polar surface area (TPSA) is 38.7 Å². The lowest BCUT2D eigenvalue weighted by atomic mass is 10.1. The average Bonchev–Trinajstić information content (AvgIpc) is 3.00. The molecule has 3 aromatic heterocycles. The lowest BCUT2D eigenvalue weighted by molar-refractivity contribution is 1.22. The van der Waals surface area contributed by atoms with Crippen molar-refractivity contribution in [2.75, 3.05) is 0 Å². The van der Waals surface area contributed by atoms with Crippen LogP contribution in [0, 0.1) is 0 Å². The molecule has 0 unspecified atom stereocenters. The Morgan fingerprint density at radius 1 is 0.783 bits per heavy atom. The molecule has 0 saturated carbocycles. The van der Waals surface area contributed by atoms with Crippen molar-refractivity contribution in [3.05, 3.63) is 67.0 Å². The van der Waals surface area contributed by atoms with Crippen molar-refractivity contribution >= 4 is 42.5 Å². The van der Waals surface area contributed by atoms with Crippen molar-refractivity contribution in [2.24, 2.45) is 0 Å². The molecule has 3 heterocycles. The summed E-state index contributed by atoms with van der Waals surface area (Å²) in [5.74, 6) is 0. The Kier molecular flexibility index (Phi) is 2.66. The number of hydrogen-bond donors (Lipinski definition) is 0. The third-order valence-corrected chi connectivity index (χ3v) is 5.10. The highest BCUT2D eigenvalue weighted by Gasteiger charge is 2.13. The average molecular weight is 313 g/mol. The van der Waals surface area contributed by atoms with Crippen molar-refractivity contribution < 1.29 is 0 Å². The van der Waals surface area contributed by atoms with E-state index in [2.05, 4.69) is 46.4 Å². The van der Waals surface area contributed by atoms with E-state index in [1.165, 1.54) is 10.1 Å². The molecular formula is C19H11N3S. The lowest BCUT2D eigenvalue weighted by Crippen LogP contribution is -1.90. The monoisotopic (exact) mass is 313 g/mol. The first-order valence-electron chi connectivity index (χ1n) is 7.38. The molecule has 0 aliphatic carbocycles. The SMILES string of the molecule is c1ccc2nc(-c3ncnc4sc5ccccc5c34)ccc2c1. The molecule has 108 valence electrons. The number of pyridine rings is 1. The molecular weight excluding hydrogens is 302 g/mol. The van der Waals surface area contributed by atoms with Gasteiger partial charge in [0.25, 0.3) is 0 Å². The second-order valence-electron chi connectivity index (χ2n) is 5.39. The van der Waals surface area contributed by atoms with Gasteiger partial charge in [-0.25, -0.2) is 15.0 Å². The second-order valence-corrected chi connectivity index (χ2v) is 6.42. The summed E-state index contributed by atoms with van der Waals surface area (Å²) in [6.45, 7) is 0. The van der Waals surface area contributed by atoms with Gasteiger partial charge < -0.3 is 0 Å². The molecule has 0 aliphatic heterocycles. The van der Waals surface area contributed by atoms with Gasteiger partial charge >= 0.3 is 0 Å². The fraction of sp³-hybridized carbons (Fsp3) is 0. The van der Waals surface area contributed by atoms with Crippen LogP contribution in [0.25, 0.3) is 42.6 Å². The van der Waals surface area contributed by atoms with Gasteiger partial charge in [0.15, 0.2) is 0 Å². The molecule has 0 N–H and O–H groups in total. The predicted octanol–water partition coefficient (Wildman–Crippen LogP) is 5.06. The minimum absolute atomic E-state index is 0.889. The Hall–Kier alpha value is -2.85. The maximum atomic E-state index is 4.80. The largest absolute Gasteiger partial charge is 0.246 e. The number of nitrogens with zero attached hydrogens (tertiary/aromatic N) is 3. The van der Waals surface area contributed by atoms with Crippen LogP contribution in [-0.2, 0) is 0 Å². The molecule has 0 saturated heterocycles. The van der Waals surface area contributed by atoms with E-state index in [1.807, 2.05) is 24.3 Å². The van der Waals surface area contributed by atoms with Crippen LogP contribution in [0.1, 0.15) is 0 Å². The minimum Gasteiger partial charge on any atom is -0.246 e. The van der Waals surface area contributed by atoms with E-state index in [9.17, 15) is 0 Å². The van der Waals surface area contributed by atoms with Crippen LogP contribution in [0.4, 0.5) is 0 Å². The van der Waals surface area contributed by atoms with Gasteiger partial charge in [0.1, 0.15) is 16.9 Å². The number of benzene rings is 2. The maximum Gasteiger partial charge on any atom is 0.128 e. The first-order valence-corrected chi connectivity index (χ1v) is 8.20. The van der Waals surface area contributed by atoms with Crippen molar-refractivity contribution in [2.45, 2.75) is 0 Å². The highest BCUT2D eigenvalue weighted by Crippen LogP contribution is 2.37. The fourth-order valence-electron chi connectivity index (χ4n) is 2.95. The van der Waals surface area contributed by atoms with E-state index in [4.69, 9.17) is 4.98 Å². The minimum atomic E-state index is 0.889. The second kappa shape index (κ2) is 4.83. The normalized spacial score (nSPS) is 11.5. The summed E-state index contributed by atoms with van der Waals surface area (Å²) in [5, 5.41) is 3.42. The number of hydrogen-bond acceptors (Lipinski definition) is 4. The van der Waals surface area contributed by atoms with E-state index >= 15 is 0 Å². The molecule has 2 aromatic carbocycles. The van der Waals surface area contributed by atoms with Crippen LogP contribution >= 0.6 is 11.3 Å². The number of aromatic nitrogens is 3. The van der Waals surface area contributed by atoms with E-state index in [0.717, 1.165) is 32.5 Å². The van der Waals surface area contributed by atoms with Crippen molar-refractivity contribution in [3.8, 4) is 11.4 Å². The van der Waals surface area contributed by atoms with Crippen molar-refractivity contribution in [1.29, 1.82) is 0 Å². The van der Waals surface area contributed by atoms with E-state index in [1.54, 1.807) is 17.7 Å². The third kappa shape index (κ3) is 1.92. The molecule has 0 atom stereocenters. The Morgan fingerprint density at radius 2 is 1.65 bits per heavy atom. The molecule has 5 aromatic rings. The Morgan fingerprint density at radius 3 is 2.65 bits per heavy atom. The summed E-state index contributed by atoms with van der Waals surface area (Å²) < 4.78 is 1.23. The van der Waals surface area contributed by atoms with Crippen LogP contribution in [0.3, 0.4) is 0 Å². The highest BCUT2D eigenvalue weighted by atomic mass is 32.1. The molecule has 0 fully saturated rings. The zero-order valence-electron chi connectivity index (χ0n) is 12.1. The van der Waals surface area contributed by atoms with Crippen molar-refractivity contribution in [3.63, 3.8) is 0 Å². The quantitative estimate of drug-likeness (QED) is 0.434. The van der Waals surface area contributed by atoms with Gasteiger partial charge in [-0.15, -0.1) is 11.3 Å². The molecule has 0 spiro atoms. The third-order valence-electron chi connectivity index (χ3n) is 4.02. The number of thiophene rings is 1. The highest BCUT2D eigenvalue weighted by molar-refractivity contribution is 7.25. The standard InChI is InChI=1S/C19H11N3S/c1-3-7-14-12(5-1)9-10-15(22-14)18-17-13-6-2-4-8-16(13)23-19(17)21-11-20-18/h1-11H. The molecule has 4 heteroatoms. The molecule has 0 bridgehead atoms. The number of rotatable bonds is 1. The van der Waals surface area contributed by atoms with Gasteiger partial charge in [0.05, 0.1) is 11.2 Å². The molecule has 3 nitrogen and oxygen atoms in total. The Labute approximate surface area is 136 Å². The predicted molar refractivity (Wildman–Crippen MR) is 95.7 cm³/mol. The van der Waals surface area contributed by atoms with Gasteiger partial charge in [-0.1, -0.05) is 42.5 Å². The summed E-state index contributed by atoms with van der Waals surface area (Å²) in [6, 6.07) is 20.6. The first-order chi connectivity index (χ1) is 11.4. The molecule has 0 amide bonds. The van der Waals surface area contributed by atoms with E-state index in [0.29, 0.717) is 0 Å². The molecule has 23 heavy (non-hydrogen) atoms.